The lowest BCUT2D eigenvalue weighted by molar-refractivity contribution is 0.0768. The maximum atomic E-state index is 14.3. The first-order valence-electron chi connectivity index (χ1n) is 13.4. The third-order valence-corrected chi connectivity index (χ3v) is 8.55. The molecule has 0 bridgehead atoms. The first-order valence-corrected chi connectivity index (χ1v) is 13.4. The highest BCUT2D eigenvalue weighted by atomic mass is 19.1. The van der Waals surface area contributed by atoms with Gasteiger partial charge in [-0.2, -0.15) is 0 Å². The van der Waals surface area contributed by atoms with Crippen LogP contribution >= 0.6 is 0 Å². The Morgan fingerprint density at radius 3 is 2.67 bits per heavy atom. The molecule has 2 saturated heterocycles. The van der Waals surface area contributed by atoms with Gasteiger partial charge >= 0.3 is 12.1 Å². The second-order valence-electron chi connectivity index (χ2n) is 11.1. The van der Waals surface area contributed by atoms with Crippen LogP contribution in [0.4, 0.5) is 19.7 Å². The number of piperidine rings is 1. The van der Waals surface area contributed by atoms with Gasteiger partial charge in [-0.15, -0.1) is 0 Å². The Bertz CT molecular complexity index is 959. The van der Waals surface area contributed by atoms with Crippen molar-refractivity contribution in [3.05, 3.63) is 29.6 Å². The summed E-state index contributed by atoms with van der Waals surface area (Å²) in [5.74, 6) is -0.247. The molecule has 9 heteroatoms. The van der Waals surface area contributed by atoms with Crippen LogP contribution < -0.4 is 10.2 Å². The van der Waals surface area contributed by atoms with Gasteiger partial charge in [0.1, 0.15) is 11.9 Å². The smallest absolute Gasteiger partial charge is 0.407 e. The second kappa shape index (κ2) is 10.5. The van der Waals surface area contributed by atoms with Gasteiger partial charge in [0.05, 0.1) is 13.2 Å². The number of fused-ring (bicyclic) bond motifs is 2. The Balaban J connectivity index is 1.23. The first kappa shape index (κ1) is 25.3. The van der Waals surface area contributed by atoms with E-state index in [0.717, 1.165) is 75.7 Å². The molecule has 5 rings (SSSR count). The van der Waals surface area contributed by atoms with E-state index >= 15 is 0 Å². The molecule has 1 spiro atoms. The van der Waals surface area contributed by atoms with Crippen molar-refractivity contribution in [2.75, 3.05) is 51.8 Å². The molecule has 36 heavy (non-hydrogen) atoms. The van der Waals surface area contributed by atoms with Crippen molar-refractivity contribution in [3.63, 3.8) is 0 Å². The summed E-state index contributed by atoms with van der Waals surface area (Å²) in [6.45, 7) is 3.55. The number of rotatable bonds is 3. The van der Waals surface area contributed by atoms with Crippen LogP contribution in [0.5, 0.6) is 0 Å². The van der Waals surface area contributed by atoms with E-state index in [1.54, 1.807) is 31.1 Å². The Kier molecular flexibility index (Phi) is 7.40. The van der Waals surface area contributed by atoms with Crippen LogP contribution in [-0.4, -0.2) is 87.1 Å². The number of carbonyl (C=O) groups excluding carboxylic acids is 2. The summed E-state index contributed by atoms with van der Waals surface area (Å²) >= 11 is 0. The number of halogens is 1. The van der Waals surface area contributed by atoms with Crippen molar-refractivity contribution in [1.29, 1.82) is 0 Å². The maximum Gasteiger partial charge on any atom is 0.407 e. The molecule has 4 aliphatic rings. The zero-order valence-corrected chi connectivity index (χ0v) is 21.5. The molecular weight excluding hydrogens is 463 g/mol. The molecule has 3 fully saturated rings. The number of hydrogen-bond donors (Lipinski definition) is 1. The largest absolute Gasteiger partial charge is 0.444 e. The molecule has 198 valence electrons. The Labute approximate surface area is 213 Å². The monoisotopic (exact) mass is 502 g/mol. The quantitative estimate of drug-likeness (QED) is 0.635. The third-order valence-electron chi connectivity index (χ3n) is 8.55. The fraction of sp³-hybridized carbons (Fsp3) is 0.704. The zero-order valence-electron chi connectivity index (χ0n) is 21.5. The average Bonchev–Trinajstić information content (AvgIpc) is 3.39. The van der Waals surface area contributed by atoms with E-state index in [-0.39, 0.29) is 35.5 Å². The number of hydrogen-bond acceptors (Lipinski definition) is 5. The molecule has 3 heterocycles. The summed E-state index contributed by atoms with van der Waals surface area (Å²) in [7, 11) is 3.51. The van der Waals surface area contributed by atoms with E-state index in [1.807, 2.05) is 4.90 Å². The minimum Gasteiger partial charge on any atom is -0.444 e. The number of nitrogens with zero attached hydrogens (tertiary/aromatic N) is 3. The number of nitrogens with one attached hydrogen (secondary N) is 1. The molecule has 2 unspecified atom stereocenters. The summed E-state index contributed by atoms with van der Waals surface area (Å²) in [5, 5.41) is 3.12. The van der Waals surface area contributed by atoms with E-state index in [2.05, 4.69) is 10.2 Å². The number of alkyl carbamates (subject to hydrolysis) is 1. The lowest BCUT2D eigenvalue weighted by Gasteiger charge is -2.43. The van der Waals surface area contributed by atoms with Gasteiger partial charge in [0, 0.05) is 50.2 Å². The molecule has 1 aliphatic carbocycles. The van der Waals surface area contributed by atoms with Gasteiger partial charge in [-0.25, -0.2) is 14.0 Å². The van der Waals surface area contributed by atoms with E-state index < -0.39 is 0 Å². The van der Waals surface area contributed by atoms with E-state index in [9.17, 15) is 14.0 Å². The highest BCUT2D eigenvalue weighted by Crippen LogP contribution is 2.48. The van der Waals surface area contributed by atoms with E-state index in [0.29, 0.717) is 25.8 Å². The number of amides is 3. The minimum absolute atomic E-state index is 0.0594. The normalized spacial score (nSPS) is 28.0. The predicted octanol–water partition coefficient (Wildman–Crippen LogP) is 3.88. The van der Waals surface area contributed by atoms with Crippen molar-refractivity contribution in [3.8, 4) is 0 Å². The van der Waals surface area contributed by atoms with Crippen LogP contribution in [0.25, 0.3) is 0 Å². The lowest BCUT2D eigenvalue weighted by atomic mass is 9.74. The summed E-state index contributed by atoms with van der Waals surface area (Å²) in [6, 6.07) is 5.30. The van der Waals surface area contributed by atoms with Crippen molar-refractivity contribution in [2.24, 2.45) is 0 Å². The van der Waals surface area contributed by atoms with Crippen LogP contribution in [0.15, 0.2) is 18.2 Å². The topological polar surface area (TPSA) is 74.4 Å². The molecule has 1 N–H and O–H groups in total. The number of carbonyl (C=O) groups is 2. The molecule has 1 aromatic rings. The fourth-order valence-electron chi connectivity index (χ4n) is 6.55. The molecule has 1 aromatic carbocycles. The highest BCUT2D eigenvalue weighted by molar-refractivity contribution is 5.95. The van der Waals surface area contributed by atoms with Crippen LogP contribution in [0, 0.1) is 5.82 Å². The van der Waals surface area contributed by atoms with Crippen LogP contribution in [0.3, 0.4) is 0 Å². The molecule has 0 radical (unpaired) electrons. The molecular formula is C27H39FN4O4. The summed E-state index contributed by atoms with van der Waals surface area (Å²) in [5.41, 5.74) is 1.60. The molecule has 3 aliphatic heterocycles. The van der Waals surface area contributed by atoms with Gasteiger partial charge in [-0.1, -0.05) is 12.8 Å². The Morgan fingerprint density at radius 2 is 1.94 bits per heavy atom. The molecule has 3 atom stereocenters. The summed E-state index contributed by atoms with van der Waals surface area (Å²) < 4.78 is 25.1. The maximum absolute atomic E-state index is 14.3. The van der Waals surface area contributed by atoms with Gasteiger partial charge in [-0.05, 0) is 69.0 Å². The third kappa shape index (κ3) is 5.18. The van der Waals surface area contributed by atoms with E-state index in [4.69, 9.17) is 9.47 Å². The Hall–Kier alpha value is -2.39. The van der Waals surface area contributed by atoms with Crippen molar-refractivity contribution < 1.29 is 23.5 Å². The molecule has 8 nitrogen and oxygen atoms in total. The summed E-state index contributed by atoms with van der Waals surface area (Å²) in [4.78, 5) is 31.3. The standard InChI is InChI=1S/C27H39FN4O4/c1-30(2)26(34)32-18-27(23-15-19(28)7-8-24(23)32)10-12-31(13-11-27)21-6-4-3-5-20(16-21)29-25(33)36-22-9-14-35-17-22/h7-8,15,20-22H,3-6,9-14,16-18H2,1-2H3,(H,29,33)/t20?,21?,22-/m1/s1. The van der Waals surface area contributed by atoms with Gasteiger partial charge in [-0.3, -0.25) is 4.90 Å². The minimum atomic E-state index is -0.330. The molecule has 0 aromatic heterocycles. The van der Waals surface area contributed by atoms with Gasteiger partial charge in [0.15, 0.2) is 0 Å². The average molecular weight is 503 g/mol. The van der Waals surface area contributed by atoms with E-state index in [1.165, 1.54) is 6.07 Å². The number of likely N-dealkylation sites (tertiary alicyclic amines) is 1. The van der Waals surface area contributed by atoms with Crippen LogP contribution in [0.2, 0.25) is 0 Å². The molecule has 1 saturated carbocycles. The van der Waals surface area contributed by atoms with Crippen LogP contribution in [-0.2, 0) is 14.9 Å². The fourth-order valence-corrected chi connectivity index (χ4v) is 6.55. The van der Waals surface area contributed by atoms with Crippen LogP contribution in [0.1, 0.15) is 56.9 Å². The zero-order chi connectivity index (χ0) is 25.3. The van der Waals surface area contributed by atoms with Gasteiger partial charge < -0.3 is 24.6 Å². The van der Waals surface area contributed by atoms with Gasteiger partial charge in [0.25, 0.3) is 0 Å². The SMILES string of the molecule is CN(C)C(=O)N1CC2(CCN(C3CCCCC(NC(=O)O[C@@H]4CCOC4)C3)CC2)c2cc(F)ccc21. The van der Waals surface area contributed by atoms with Gasteiger partial charge in [0.2, 0.25) is 0 Å². The number of urea groups is 1. The number of ether oxygens (including phenoxy) is 2. The first-order chi connectivity index (χ1) is 17.3. The van der Waals surface area contributed by atoms with Crippen molar-refractivity contribution in [2.45, 2.75) is 75.0 Å². The summed E-state index contributed by atoms with van der Waals surface area (Å²) in [6.07, 6.45) is 7.33. The lowest BCUT2D eigenvalue weighted by Crippen LogP contribution is -2.51. The second-order valence-corrected chi connectivity index (χ2v) is 11.1. The molecule has 3 amide bonds. The van der Waals surface area contributed by atoms with Crippen molar-refractivity contribution >= 4 is 17.8 Å². The number of benzene rings is 1. The Morgan fingerprint density at radius 1 is 1.17 bits per heavy atom. The number of anilines is 1. The van der Waals surface area contributed by atoms with Crippen molar-refractivity contribution in [1.82, 2.24) is 15.1 Å². The highest BCUT2D eigenvalue weighted by Gasteiger charge is 2.47. The predicted molar refractivity (Wildman–Crippen MR) is 135 cm³/mol.